The fourth-order valence-corrected chi connectivity index (χ4v) is 3.49. The van der Waals surface area contributed by atoms with Gasteiger partial charge in [0.05, 0.1) is 5.69 Å². The molecule has 2 amide bonds. The van der Waals surface area contributed by atoms with Gasteiger partial charge in [-0.3, -0.25) is 9.20 Å². The Balaban J connectivity index is 1.72. The van der Waals surface area contributed by atoms with Crippen molar-refractivity contribution in [2.45, 2.75) is 33.7 Å². The molecule has 0 unspecified atom stereocenters. The molecule has 0 saturated carbocycles. The third kappa shape index (κ3) is 3.99. The van der Waals surface area contributed by atoms with Gasteiger partial charge < -0.3 is 20.2 Å². The van der Waals surface area contributed by atoms with E-state index in [9.17, 15) is 9.59 Å². The summed E-state index contributed by atoms with van der Waals surface area (Å²) in [7, 11) is 0. The summed E-state index contributed by atoms with van der Waals surface area (Å²) in [5.41, 5.74) is 1.37. The molecule has 1 aliphatic heterocycles. The van der Waals surface area contributed by atoms with E-state index in [1.54, 1.807) is 4.90 Å². The predicted molar refractivity (Wildman–Crippen MR) is 103 cm³/mol. The first kappa shape index (κ1) is 19.0. The zero-order chi connectivity index (χ0) is 19.8. The van der Waals surface area contributed by atoms with Crippen molar-refractivity contribution in [2.75, 3.05) is 31.1 Å². The van der Waals surface area contributed by atoms with E-state index in [4.69, 9.17) is 5.11 Å². The number of fused-ring (bicyclic) bond motifs is 1. The van der Waals surface area contributed by atoms with Crippen molar-refractivity contribution in [3.05, 3.63) is 30.1 Å². The molecule has 1 aliphatic rings. The van der Waals surface area contributed by atoms with E-state index in [1.165, 1.54) is 0 Å². The number of nitrogens with one attached hydrogen (secondary N) is 1. The first-order valence-corrected chi connectivity index (χ1v) is 9.15. The van der Waals surface area contributed by atoms with Crippen LogP contribution in [0.5, 0.6) is 0 Å². The summed E-state index contributed by atoms with van der Waals surface area (Å²) in [6.07, 6.45) is 0.832. The number of anilines is 1. The molecule has 8 nitrogen and oxygen atoms in total. The molecule has 3 heterocycles. The van der Waals surface area contributed by atoms with Gasteiger partial charge in [-0.1, -0.05) is 26.8 Å². The van der Waals surface area contributed by atoms with Crippen LogP contribution in [0.25, 0.3) is 5.65 Å². The molecule has 3 rings (SSSR count). The van der Waals surface area contributed by atoms with E-state index in [-0.39, 0.29) is 5.91 Å². The van der Waals surface area contributed by atoms with Crippen LogP contribution < -0.4 is 10.2 Å². The van der Waals surface area contributed by atoms with E-state index < -0.39 is 17.6 Å². The molecule has 146 valence electrons. The average molecular weight is 373 g/mol. The molecule has 1 saturated heterocycles. The van der Waals surface area contributed by atoms with Crippen molar-refractivity contribution < 1.29 is 14.7 Å². The van der Waals surface area contributed by atoms with E-state index in [1.807, 2.05) is 46.0 Å². The first-order valence-electron chi connectivity index (χ1n) is 9.15. The molecule has 1 fully saturated rings. The van der Waals surface area contributed by atoms with Gasteiger partial charge in [0.1, 0.15) is 17.5 Å². The summed E-state index contributed by atoms with van der Waals surface area (Å²) in [5, 5.41) is 11.5. The number of hydrogen-bond donors (Lipinski definition) is 2. The fraction of sp³-hybridized carbons (Fsp3) is 0.526. The van der Waals surface area contributed by atoms with Crippen LogP contribution in [0, 0.1) is 12.3 Å². The Kier molecular flexibility index (Phi) is 4.99. The van der Waals surface area contributed by atoms with Crippen molar-refractivity contribution in [3.8, 4) is 0 Å². The highest BCUT2D eigenvalue weighted by molar-refractivity contribution is 5.86. The van der Waals surface area contributed by atoms with Gasteiger partial charge in [-0.25, -0.2) is 9.78 Å². The largest absolute Gasteiger partial charge is 0.465 e. The lowest BCUT2D eigenvalue weighted by atomic mass is 9.85. The lowest BCUT2D eigenvalue weighted by Gasteiger charge is -2.40. The minimum atomic E-state index is -1.18. The maximum Gasteiger partial charge on any atom is 0.405 e. The van der Waals surface area contributed by atoms with Gasteiger partial charge in [-0.2, -0.15) is 0 Å². The lowest BCUT2D eigenvalue weighted by Crippen LogP contribution is -2.58. The number of hydrogen-bond acceptors (Lipinski definition) is 4. The lowest BCUT2D eigenvalue weighted by molar-refractivity contribution is -0.136. The van der Waals surface area contributed by atoms with Gasteiger partial charge in [0.15, 0.2) is 0 Å². The Hall–Kier alpha value is -2.77. The topological polar surface area (TPSA) is 90.2 Å². The van der Waals surface area contributed by atoms with Crippen LogP contribution in [0.3, 0.4) is 0 Å². The second-order valence-corrected chi connectivity index (χ2v) is 8.06. The van der Waals surface area contributed by atoms with Gasteiger partial charge in [-0.05, 0) is 24.5 Å². The monoisotopic (exact) mass is 373 g/mol. The molecule has 0 spiro atoms. The maximum atomic E-state index is 12.9. The highest BCUT2D eigenvalue weighted by atomic mass is 16.4. The van der Waals surface area contributed by atoms with Gasteiger partial charge in [0.2, 0.25) is 5.91 Å². The Bertz CT molecular complexity index is 847. The third-order valence-corrected chi connectivity index (χ3v) is 4.89. The zero-order valence-corrected chi connectivity index (χ0v) is 16.3. The number of piperazine rings is 1. The number of aryl methyl sites for hydroxylation is 1. The molecule has 2 N–H and O–H groups in total. The number of imidazole rings is 1. The van der Waals surface area contributed by atoms with Crippen LogP contribution in [0.1, 0.15) is 26.5 Å². The summed E-state index contributed by atoms with van der Waals surface area (Å²) in [6, 6.07) is 5.25. The summed E-state index contributed by atoms with van der Waals surface area (Å²) < 4.78 is 2.07. The first-order chi connectivity index (χ1) is 12.7. The van der Waals surface area contributed by atoms with Gasteiger partial charge in [0.25, 0.3) is 0 Å². The van der Waals surface area contributed by atoms with Crippen LogP contribution >= 0.6 is 0 Å². The average Bonchev–Trinajstić information content (AvgIpc) is 2.98. The number of carbonyl (C=O) groups is 2. The van der Waals surface area contributed by atoms with Crippen molar-refractivity contribution in [1.29, 1.82) is 0 Å². The number of aromatic nitrogens is 2. The van der Waals surface area contributed by atoms with Crippen LogP contribution in [0.2, 0.25) is 0 Å². The molecule has 0 aliphatic carbocycles. The van der Waals surface area contributed by atoms with Gasteiger partial charge in [0, 0.05) is 32.4 Å². The number of nitrogens with zero attached hydrogens (tertiary/aromatic N) is 4. The predicted octanol–water partition coefficient (Wildman–Crippen LogP) is 1.97. The summed E-state index contributed by atoms with van der Waals surface area (Å²) in [5.74, 6) is 0.887. The second kappa shape index (κ2) is 7.09. The Morgan fingerprint density at radius 2 is 1.85 bits per heavy atom. The minimum Gasteiger partial charge on any atom is -0.465 e. The quantitative estimate of drug-likeness (QED) is 0.859. The SMILES string of the molecule is Cc1cn2c(N3CCN(C(=O)[C@H](NC(=O)O)C(C)(C)C)CC3)cccc2n1. The van der Waals surface area contributed by atoms with Crippen molar-refractivity contribution in [1.82, 2.24) is 19.6 Å². The van der Waals surface area contributed by atoms with Crippen LogP contribution in [-0.4, -0.2) is 63.6 Å². The van der Waals surface area contributed by atoms with Crippen molar-refractivity contribution in [2.24, 2.45) is 5.41 Å². The third-order valence-electron chi connectivity index (χ3n) is 4.89. The molecular weight excluding hydrogens is 346 g/mol. The molecule has 1 atom stereocenters. The molecule has 0 bridgehead atoms. The highest BCUT2D eigenvalue weighted by Crippen LogP contribution is 2.23. The fourth-order valence-electron chi connectivity index (χ4n) is 3.49. The number of pyridine rings is 1. The van der Waals surface area contributed by atoms with Crippen molar-refractivity contribution >= 4 is 23.5 Å². The van der Waals surface area contributed by atoms with Crippen LogP contribution in [-0.2, 0) is 4.79 Å². The maximum absolute atomic E-state index is 12.9. The highest BCUT2D eigenvalue weighted by Gasteiger charge is 2.36. The standard InChI is InChI=1S/C19H27N5O3/c1-13-12-24-14(20-13)6-5-7-15(24)22-8-10-23(11-9-22)17(25)16(19(2,3)4)21-18(26)27/h5-7,12,16,21H,8-11H2,1-4H3,(H,26,27)/t16-/m0/s1. The number of amides is 2. The Morgan fingerprint density at radius 3 is 2.44 bits per heavy atom. The molecule has 0 radical (unpaired) electrons. The molecular formula is C19H27N5O3. The number of rotatable bonds is 3. The molecule has 0 aromatic carbocycles. The molecule has 2 aromatic heterocycles. The Labute approximate surface area is 158 Å². The van der Waals surface area contributed by atoms with E-state index in [2.05, 4.69) is 25.7 Å². The van der Waals surface area contributed by atoms with Gasteiger partial charge in [-0.15, -0.1) is 0 Å². The molecule has 2 aromatic rings. The van der Waals surface area contributed by atoms with E-state index >= 15 is 0 Å². The normalized spacial score (nSPS) is 16.4. The van der Waals surface area contributed by atoms with Crippen LogP contribution in [0.15, 0.2) is 24.4 Å². The molecule has 27 heavy (non-hydrogen) atoms. The second-order valence-electron chi connectivity index (χ2n) is 8.06. The summed E-state index contributed by atoms with van der Waals surface area (Å²) in [6.45, 7) is 10.0. The van der Waals surface area contributed by atoms with E-state index in [0.717, 1.165) is 17.2 Å². The summed E-state index contributed by atoms with van der Waals surface area (Å²) in [4.78, 5) is 32.5. The minimum absolute atomic E-state index is 0.166. The van der Waals surface area contributed by atoms with E-state index in [0.29, 0.717) is 26.2 Å². The van der Waals surface area contributed by atoms with Crippen LogP contribution in [0.4, 0.5) is 10.6 Å². The Morgan fingerprint density at radius 1 is 1.19 bits per heavy atom. The molecule has 8 heteroatoms. The van der Waals surface area contributed by atoms with Crippen molar-refractivity contribution in [3.63, 3.8) is 0 Å². The number of carboxylic acid groups (broad SMARTS) is 1. The number of carbonyl (C=O) groups excluding carboxylic acids is 1. The van der Waals surface area contributed by atoms with Gasteiger partial charge >= 0.3 is 6.09 Å². The summed E-state index contributed by atoms with van der Waals surface area (Å²) >= 11 is 0. The zero-order valence-electron chi connectivity index (χ0n) is 16.3. The smallest absolute Gasteiger partial charge is 0.405 e.